The van der Waals surface area contributed by atoms with Gasteiger partial charge in [0.05, 0.1) is 11.2 Å². The second kappa shape index (κ2) is 3.45. The van der Waals surface area contributed by atoms with Gasteiger partial charge in [0, 0.05) is 11.4 Å². The van der Waals surface area contributed by atoms with Crippen LogP contribution in [0.15, 0.2) is 24.3 Å². The summed E-state index contributed by atoms with van der Waals surface area (Å²) in [4.78, 5) is 0. The number of hydrogen-bond acceptors (Lipinski definition) is 1. The first-order valence-electron chi connectivity index (χ1n) is 5.18. The average molecular weight is 188 g/mol. The van der Waals surface area contributed by atoms with Crippen molar-refractivity contribution in [3.8, 4) is 0 Å². The molecule has 0 bridgehead atoms. The Kier molecular flexibility index (Phi) is 2.28. The first kappa shape index (κ1) is 9.25. The maximum Gasteiger partial charge on any atom is 0.0688 e. The van der Waals surface area contributed by atoms with Gasteiger partial charge in [-0.15, -0.1) is 0 Å². The lowest BCUT2D eigenvalue weighted by Gasteiger charge is -2.10. The van der Waals surface area contributed by atoms with E-state index in [2.05, 4.69) is 54.8 Å². The fourth-order valence-electron chi connectivity index (χ4n) is 1.76. The van der Waals surface area contributed by atoms with E-state index in [0.29, 0.717) is 6.04 Å². The zero-order chi connectivity index (χ0) is 10.1. The van der Waals surface area contributed by atoms with E-state index in [0.717, 1.165) is 12.1 Å². The van der Waals surface area contributed by atoms with Crippen LogP contribution >= 0.6 is 0 Å². The molecule has 0 saturated heterocycles. The highest BCUT2D eigenvalue weighted by atomic mass is 15.3. The van der Waals surface area contributed by atoms with Crippen LogP contribution in [0.1, 0.15) is 32.0 Å². The summed E-state index contributed by atoms with van der Waals surface area (Å²) in [5, 5.41) is 5.85. The van der Waals surface area contributed by atoms with Gasteiger partial charge in [0.25, 0.3) is 0 Å². The maximum atomic E-state index is 4.58. The van der Waals surface area contributed by atoms with Gasteiger partial charge in [0.15, 0.2) is 0 Å². The molecule has 1 heterocycles. The summed E-state index contributed by atoms with van der Waals surface area (Å²) >= 11 is 0. The van der Waals surface area contributed by atoms with Gasteiger partial charge in [-0.3, -0.25) is 4.68 Å². The lowest BCUT2D eigenvalue weighted by atomic mass is 10.2. The van der Waals surface area contributed by atoms with E-state index in [4.69, 9.17) is 0 Å². The highest BCUT2D eigenvalue weighted by Crippen LogP contribution is 2.22. The molecule has 1 atom stereocenters. The van der Waals surface area contributed by atoms with E-state index < -0.39 is 0 Å². The number of benzene rings is 1. The second-order valence-electron chi connectivity index (χ2n) is 3.80. The van der Waals surface area contributed by atoms with Crippen molar-refractivity contribution < 1.29 is 0 Å². The molecule has 74 valence electrons. The first-order chi connectivity index (χ1) is 6.74. The van der Waals surface area contributed by atoms with Crippen LogP contribution in [0.25, 0.3) is 10.9 Å². The Bertz CT molecular complexity index is 443. The van der Waals surface area contributed by atoms with Crippen LogP contribution in [-0.4, -0.2) is 9.78 Å². The predicted molar refractivity (Wildman–Crippen MR) is 59.5 cm³/mol. The third-order valence-electron chi connectivity index (χ3n) is 2.81. The highest BCUT2D eigenvalue weighted by molar-refractivity contribution is 5.81. The van der Waals surface area contributed by atoms with Crippen molar-refractivity contribution in [3.05, 3.63) is 30.0 Å². The number of fused-ring (bicyclic) bond motifs is 1. The Morgan fingerprint density at radius 1 is 1.36 bits per heavy atom. The quantitative estimate of drug-likeness (QED) is 0.707. The summed E-state index contributed by atoms with van der Waals surface area (Å²) in [7, 11) is 0. The van der Waals surface area contributed by atoms with Gasteiger partial charge >= 0.3 is 0 Å². The summed E-state index contributed by atoms with van der Waals surface area (Å²) in [6.45, 7) is 6.47. The van der Waals surface area contributed by atoms with Crippen molar-refractivity contribution >= 4 is 10.9 Å². The Balaban J connectivity index is 2.66. The van der Waals surface area contributed by atoms with E-state index >= 15 is 0 Å². The maximum absolute atomic E-state index is 4.58. The van der Waals surface area contributed by atoms with Crippen molar-refractivity contribution in [2.75, 3.05) is 0 Å². The normalized spacial score (nSPS) is 13.4. The molecule has 0 N–H and O–H groups in total. The Hall–Kier alpha value is -1.31. The van der Waals surface area contributed by atoms with Crippen molar-refractivity contribution in [1.82, 2.24) is 9.78 Å². The Labute approximate surface area is 84.5 Å². The van der Waals surface area contributed by atoms with Gasteiger partial charge in [-0.2, -0.15) is 5.10 Å². The molecule has 2 rings (SSSR count). The topological polar surface area (TPSA) is 17.8 Å². The third kappa shape index (κ3) is 1.31. The van der Waals surface area contributed by atoms with Gasteiger partial charge in [-0.05, 0) is 26.3 Å². The van der Waals surface area contributed by atoms with E-state index in [1.807, 2.05) is 0 Å². The monoisotopic (exact) mass is 188 g/mol. The predicted octanol–water partition coefficient (Wildman–Crippen LogP) is 3.32. The molecule has 2 nitrogen and oxygen atoms in total. The van der Waals surface area contributed by atoms with Crippen LogP contribution in [0.4, 0.5) is 0 Å². The molecule has 0 radical (unpaired) electrons. The number of hydrogen-bond donors (Lipinski definition) is 0. The van der Waals surface area contributed by atoms with Gasteiger partial charge in [-0.1, -0.05) is 25.1 Å². The van der Waals surface area contributed by atoms with Crippen molar-refractivity contribution in [2.45, 2.75) is 33.2 Å². The fourth-order valence-corrected chi connectivity index (χ4v) is 1.76. The minimum atomic E-state index is 0.480. The molecule has 0 spiro atoms. The second-order valence-corrected chi connectivity index (χ2v) is 3.80. The van der Waals surface area contributed by atoms with Gasteiger partial charge in [-0.25, -0.2) is 0 Å². The SMILES string of the molecule is CCC(C)n1nc(C)c2ccccc21. The van der Waals surface area contributed by atoms with E-state index in [9.17, 15) is 0 Å². The molecule has 2 heteroatoms. The van der Waals surface area contributed by atoms with Crippen molar-refractivity contribution in [1.29, 1.82) is 0 Å². The highest BCUT2D eigenvalue weighted by Gasteiger charge is 2.09. The lowest BCUT2D eigenvalue weighted by molar-refractivity contribution is 0.490. The molecule has 1 unspecified atom stereocenters. The van der Waals surface area contributed by atoms with Gasteiger partial charge < -0.3 is 0 Å². The Morgan fingerprint density at radius 2 is 2.07 bits per heavy atom. The van der Waals surface area contributed by atoms with Crippen molar-refractivity contribution in [2.24, 2.45) is 0 Å². The van der Waals surface area contributed by atoms with Gasteiger partial charge in [0.1, 0.15) is 0 Å². The zero-order valence-corrected chi connectivity index (χ0v) is 8.99. The van der Waals surface area contributed by atoms with Crippen LogP contribution < -0.4 is 0 Å². The van der Waals surface area contributed by atoms with Crippen LogP contribution in [0.3, 0.4) is 0 Å². The number of aryl methyl sites for hydroxylation is 1. The number of aromatic nitrogens is 2. The standard InChI is InChI=1S/C12H16N2/c1-4-9(2)14-12-8-6-5-7-11(12)10(3)13-14/h5-9H,4H2,1-3H3. The van der Waals surface area contributed by atoms with Crippen LogP contribution in [0.5, 0.6) is 0 Å². The summed E-state index contributed by atoms with van der Waals surface area (Å²) in [5.41, 5.74) is 2.38. The summed E-state index contributed by atoms with van der Waals surface area (Å²) in [6, 6.07) is 8.90. The molecular weight excluding hydrogens is 172 g/mol. The van der Waals surface area contributed by atoms with Crippen LogP contribution in [0, 0.1) is 6.92 Å². The van der Waals surface area contributed by atoms with Gasteiger partial charge in [0.2, 0.25) is 0 Å². The smallest absolute Gasteiger partial charge is 0.0688 e. The molecule has 2 aromatic rings. The van der Waals surface area contributed by atoms with E-state index in [1.54, 1.807) is 0 Å². The molecule has 14 heavy (non-hydrogen) atoms. The molecule has 0 aliphatic carbocycles. The zero-order valence-electron chi connectivity index (χ0n) is 8.99. The summed E-state index contributed by atoms with van der Waals surface area (Å²) in [6.07, 6.45) is 1.12. The molecule has 0 aliphatic heterocycles. The van der Waals surface area contributed by atoms with Crippen LogP contribution in [-0.2, 0) is 0 Å². The third-order valence-corrected chi connectivity index (χ3v) is 2.81. The first-order valence-corrected chi connectivity index (χ1v) is 5.18. The number of nitrogens with zero attached hydrogens (tertiary/aromatic N) is 2. The molecular formula is C12H16N2. The minimum Gasteiger partial charge on any atom is -0.262 e. The fraction of sp³-hybridized carbons (Fsp3) is 0.417. The molecule has 1 aromatic carbocycles. The van der Waals surface area contributed by atoms with Crippen molar-refractivity contribution in [3.63, 3.8) is 0 Å². The molecule has 1 aromatic heterocycles. The van der Waals surface area contributed by atoms with E-state index in [1.165, 1.54) is 10.9 Å². The minimum absolute atomic E-state index is 0.480. The number of para-hydroxylation sites is 1. The summed E-state index contributed by atoms with van der Waals surface area (Å²) in [5.74, 6) is 0. The molecule has 0 aliphatic rings. The number of rotatable bonds is 2. The van der Waals surface area contributed by atoms with Crippen LogP contribution in [0.2, 0.25) is 0 Å². The molecule has 0 fully saturated rings. The summed E-state index contributed by atoms with van der Waals surface area (Å²) < 4.78 is 2.13. The Morgan fingerprint density at radius 3 is 2.79 bits per heavy atom. The largest absolute Gasteiger partial charge is 0.262 e. The molecule has 0 saturated carbocycles. The van der Waals surface area contributed by atoms with E-state index in [-0.39, 0.29) is 0 Å². The average Bonchev–Trinajstić information content (AvgIpc) is 2.56. The lowest BCUT2D eigenvalue weighted by Crippen LogP contribution is -2.05. The molecule has 0 amide bonds.